The number of thioether (sulfide) groups is 1. The van der Waals surface area contributed by atoms with Crippen LogP contribution < -0.4 is 5.32 Å². The van der Waals surface area contributed by atoms with Crippen molar-refractivity contribution in [2.24, 2.45) is 0 Å². The molecule has 4 aromatic rings. The molecule has 4 nitrogen and oxygen atoms in total. The van der Waals surface area contributed by atoms with Gasteiger partial charge in [-0.25, -0.2) is 4.98 Å². The Bertz CT molecular complexity index is 1020. The molecule has 1 aromatic heterocycles. The molecule has 0 aliphatic carbocycles. The van der Waals surface area contributed by atoms with Crippen LogP contribution in [0.15, 0.2) is 76.4 Å². The lowest BCUT2D eigenvalue weighted by atomic mass is 10.1. The van der Waals surface area contributed by atoms with E-state index in [2.05, 4.69) is 10.3 Å². The maximum atomic E-state index is 12.6. The second-order valence-electron chi connectivity index (χ2n) is 5.72. The smallest absolute Gasteiger partial charge is 0.257 e. The fourth-order valence-corrected chi connectivity index (χ4v) is 3.43. The molecule has 1 N–H and O–H groups in total. The zero-order chi connectivity index (χ0) is 17.2. The molecule has 1 heterocycles. The number of amides is 1. The van der Waals surface area contributed by atoms with Crippen LogP contribution in [0.4, 0.5) is 5.69 Å². The molecular formula is C20H16N2O2S. The van der Waals surface area contributed by atoms with Gasteiger partial charge in [0.1, 0.15) is 5.52 Å². The number of carbonyl (C=O) groups excluding carboxylic acids is 1. The van der Waals surface area contributed by atoms with Crippen LogP contribution in [-0.2, 0) is 4.79 Å². The summed E-state index contributed by atoms with van der Waals surface area (Å²) in [5.41, 5.74) is 2.34. The van der Waals surface area contributed by atoms with Gasteiger partial charge in [-0.15, -0.1) is 0 Å². The van der Waals surface area contributed by atoms with E-state index < -0.39 is 0 Å². The van der Waals surface area contributed by atoms with Gasteiger partial charge in [-0.3, -0.25) is 4.79 Å². The minimum atomic E-state index is -0.327. The van der Waals surface area contributed by atoms with Crippen LogP contribution in [0.2, 0.25) is 0 Å². The number of nitrogens with one attached hydrogen (secondary N) is 1. The van der Waals surface area contributed by atoms with Gasteiger partial charge in [0.05, 0.1) is 5.25 Å². The first-order chi connectivity index (χ1) is 12.2. The number of hydrogen-bond donors (Lipinski definition) is 1. The lowest BCUT2D eigenvalue weighted by Gasteiger charge is -2.12. The molecule has 5 heteroatoms. The Morgan fingerprint density at radius 3 is 2.68 bits per heavy atom. The number of anilines is 1. The number of carbonyl (C=O) groups is 1. The zero-order valence-electron chi connectivity index (χ0n) is 13.6. The third-order valence-electron chi connectivity index (χ3n) is 3.97. The van der Waals surface area contributed by atoms with Gasteiger partial charge >= 0.3 is 0 Å². The molecule has 124 valence electrons. The standard InChI is InChI=1S/C20H16N2O2S/c1-13(25-20-22-17-10-4-5-12-18(17)24-20)19(23)21-16-11-6-8-14-7-2-3-9-15(14)16/h2-13H,1H3,(H,21,23)/t13-/m0/s1. The van der Waals surface area contributed by atoms with Gasteiger partial charge in [-0.1, -0.05) is 60.3 Å². The molecule has 1 amide bonds. The summed E-state index contributed by atoms with van der Waals surface area (Å²) in [6.07, 6.45) is 0. The van der Waals surface area contributed by atoms with Crippen LogP contribution in [0.1, 0.15) is 6.92 Å². The van der Waals surface area contributed by atoms with Crippen LogP contribution in [0, 0.1) is 0 Å². The van der Waals surface area contributed by atoms with Crippen molar-refractivity contribution in [2.45, 2.75) is 17.4 Å². The lowest BCUT2D eigenvalue weighted by molar-refractivity contribution is -0.115. The van der Waals surface area contributed by atoms with Crippen molar-refractivity contribution in [3.05, 3.63) is 66.7 Å². The number of fused-ring (bicyclic) bond motifs is 2. The first-order valence-corrected chi connectivity index (χ1v) is 8.89. The summed E-state index contributed by atoms with van der Waals surface area (Å²) in [5, 5.41) is 5.31. The maximum absolute atomic E-state index is 12.6. The first-order valence-electron chi connectivity index (χ1n) is 8.01. The Hall–Kier alpha value is -2.79. The summed E-state index contributed by atoms with van der Waals surface area (Å²) in [4.78, 5) is 17.0. The highest BCUT2D eigenvalue weighted by Gasteiger charge is 2.18. The molecule has 0 unspecified atom stereocenters. The average molecular weight is 348 g/mol. The Morgan fingerprint density at radius 2 is 1.80 bits per heavy atom. The van der Waals surface area contributed by atoms with E-state index in [1.54, 1.807) is 0 Å². The highest BCUT2D eigenvalue weighted by molar-refractivity contribution is 8.00. The predicted molar refractivity (Wildman–Crippen MR) is 102 cm³/mol. The second-order valence-corrected chi connectivity index (χ2v) is 7.02. The van der Waals surface area contributed by atoms with E-state index in [1.165, 1.54) is 11.8 Å². The van der Waals surface area contributed by atoms with Crippen molar-refractivity contribution in [3.63, 3.8) is 0 Å². The topological polar surface area (TPSA) is 55.1 Å². The molecule has 0 bridgehead atoms. The molecule has 3 aromatic carbocycles. The molecule has 0 saturated heterocycles. The third-order valence-corrected chi connectivity index (χ3v) is 4.91. The molecule has 0 aliphatic heterocycles. The summed E-state index contributed by atoms with van der Waals surface area (Å²) >= 11 is 1.31. The average Bonchev–Trinajstić information content (AvgIpc) is 3.04. The fourth-order valence-electron chi connectivity index (χ4n) is 2.67. The molecule has 0 saturated carbocycles. The molecule has 1 atom stereocenters. The number of nitrogens with zero attached hydrogens (tertiary/aromatic N) is 1. The van der Waals surface area contributed by atoms with Gasteiger partial charge in [0.25, 0.3) is 5.22 Å². The summed E-state index contributed by atoms with van der Waals surface area (Å²) in [6.45, 7) is 1.85. The van der Waals surface area contributed by atoms with Crippen molar-refractivity contribution < 1.29 is 9.21 Å². The highest BCUT2D eigenvalue weighted by atomic mass is 32.2. The van der Waals surface area contributed by atoms with Crippen molar-refractivity contribution in [1.29, 1.82) is 0 Å². The maximum Gasteiger partial charge on any atom is 0.257 e. The highest BCUT2D eigenvalue weighted by Crippen LogP contribution is 2.28. The molecular weight excluding hydrogens is 332 g/mol. The second kappa shape index (κ2) is 6.61. The van der Waals surface area contributed by atoms with E-state index >= 15 is 0 Å². The van der Waals surface area contributed by atoms with Crippen LogP contribution in [-0.4, -0.2) is 16.1 Å². The summed E-state index contributed by atoms with van der Waals surface area (Å²) in [5.74, 6) is -0.0800. The van der Waals surface area contributed by atoms with Gasteiger partial charge in [0.15, 0.2) is 5.58 Å². The summed E-state index contributed by atoms with van der Waals surface area (Å²) < 4.78 is 5.68. The van der Waals surface area contributed by atoms with E-state index in [0.717, 1.165) is 27.6 Å². The van der Waals surface area contributed by atoms with E-state index in [0.29, 0.717) is 5.22 Å². The summed E-state index contributed by atoms with van der Waals surface area (Å²) in [6, 6.07) is 21.4. The van der Waals surface area contributed by atoms with E-state index in [-0.39, 0.29) is 11.2 Å². The minimum absolute atomic E-state index is 0.0800. The van der Waals surface area contributed by atoms with Gasteiger partial charge in [0.2, 0.25) is 5.91 Å². The van der Waals surface area contributed by atoms with Gasteiger partial charge in [0, 0.05) is 11.1 Å². The van der Waals surface area contributed by atoms with Gasteiger partial charge in [-0.05, 0) is 30.5 Å². The normalized spacial score (nSPS) is 12.4. The molecule has 0 fully saturated rings. The van der Waals surface area contributed by atoms with E-state index in [4.69, 9.17) is 4.42 Å². The predicted octanol–water partition coefficient (Wildman–Crippen LogP) is 5.10. The Kier molecular flexibility index (Phi) is 4.15. The number of hydrogen-bond acceptors (Lipinski definition) is 4. The van der Waals surface area contributed by atoms with Crippen LogP contribution >= 0.6 is 11.8 Å². The molecule has 0 aliphatic rings. The Balaban J connectivity index is 1.52. The molecule has 25 heavy (non-hydrogen) atoms. The monoisotopic (exact) mass is 348 g/mol. The SMILES string of the molecule is C[C@H](Sc1nc2ccccc2o1)C(=O)Nc1cccc2ccccc12. The number of para-hydroxylation sites is 2. The molecule has 4 rings (SSSR count). The lowest BCUT2D eigenvalue weighted by Crippen LogP contribution is -2.22. The van der Waals surface area contributed by atoms with Crippen LogP contribution in [0.5, 0.6) is 0 Å². The van der Waals surface area contributed by atoms with Crippen LogP contribution in [0.3, 0.4) is 0 Å². The number of oxazole rings is 1. The number of benzene rings is 3. The van der Waals surface area contributed by atoms with E-state index in [9.17, 15) is 4.79 Å². The molecule has 0 spiro atoms. The largest absolute Gasteiger partial charge is 0.431 e. The van der Waals surface area contributed by atoms with Gasteiger partial charge in [-0.2, -0.15) is 0 Å². The van der Waals surface area contributed by atoms with E-state index in [1.807, 2.05) is 73.7 Å². The number of rotatable bonds is 4. The first kappa shape index (κ1) is 15.7. The summed E-state index contributed by atoms with van der Waals surface area (Å²) in [7, 11) is 0. The Labute approximate surface area is 149 Å². The fraction of sp³-hybridized carbons (Fsp3) is 0.100. The third kappa shape index (κ3) is 3.23. The van der Waals surface area contributed by atoms with Crippen LogP contribution in [0.25, 0.3) is 21.9 Å². The van der Waals surface area contributed by atoms with Crippen molar-refractivity contribution >= 4 is 45.2 Å². The molecule has 0 radical (unpaired) electrons. The number of aromatic nitrogens is 1. The minimum Gasteiger partial charge on any atom is -0.431 e. The quantitative estimate of drug-likeness (QED) is 0.521. The Morgan fingerprint density at radius 1 is 1.04 bits per heavy atom. The zero-order valence-corrected chi connectivity index (χ0v) is 14.4. The van der Waals surface area contributed by atoms with Crippen molar-refractivity contribution in [1.82, 2.24) is 4.98 Å². The van der Waals surface area contributed by atoms with Crippen molar-refractivity contribution in [2.75, 3.05) is 5.32 Å². The van der Waals surface area contributed by atoms with Gasteiger partial charge < -0.3 is 9.73 Å². The van der Waals surface area contributed by atoms with Crippen molar-refractivity contribution in [3.8, 4) is 0 Å².